The van der Waals surface area contributed by atoms with Crippen molar-refractivity contribution in [2.75, 3.05) is 21.3 Å². The standard InChI is InChI=1S/C23H29NO4/c1-7-19(18-9-8-15(2)16(3)14-18)24-21(25)13-11-17-10-12-20(26-4)23(28-6)22(17)27-5/h8-14,19H,7H2,1-6H3,(H,24,25)/b13-11+. The van der Waals surface area contributed by atoms with Crippen molar-refractivity contribution in [2.45, 2.75) is 33.2 Å². The zero-order valence-corrected chi connectivity index (χ0v) is 17.5. The Labute approximate surface area is 167 Å². The SMILES string of the molecule is CCC(NC(=O)/C=C/c1ccc(OC)c(OC)c1OC)c1ccc(C)c(C)c1. The number of nitrogens with one attached hydrogen (secondary N) is 1. The van der Waals surface area contributed by atoms with Gasteiger partial charge in [0.1, 0.15) is 0 Å². The van der Waals surface area contributed by atoms with Crippen LogP contribution in [0, 0.1) is 13.8 Å². The summed E-state index contributed by atoms with van der Waals surface area (Å²) in [5.41, 5.74) is 4.30. The fourth-order valence-electron chi connectivity index (χ4n) is 3.04. The van der Waals surface area contributed by atoms with Crippen LogP contribution in [0.4, 0.5) is 0 Å². The highest BCUT2D eigenvalue weighted by atomic mass is 16.5. The molecule has 0 aliphatic rings. The van der Waals surface area contributed by atoms with E-state index in [1.807, 2.05) is 6.07 Å². The minimum atomic E-state index is -0.165. The van der Waals surface area contributed by atoms with Crippen molar-refractivity contribution in [3.63, 3.8) is 0 Å². The molecule has 2 aromatic rings. The van der Waals surface area contributed by atoms with E-state index >= 15 is 0 Å². The van der Waals surface area contributed by atoms with Gasteiger partial charge in [-0.25, -0.2) is 0 Å². The highest BCUT2D eigenvalue weighted by molar-refractivity contribution is 5.92. The maximum atomic E-state index is 12.5. The molecule has 0 aliphatic carbocycles. The molecule has 150 valence electrons. The number of carbonyl (C=O) groups excluding carboxylic acids is 1. The van der Waals surface area contributed by atoms with Gasteiger partial charge in [-0.2, -0.15) is 0 Å². The van der Waals surface area contributed by atoms with Gasteiger partial charge in [0.05, 0.1) is 27.4 Å². The molecule has 1 N–H and O–H groups in total. The molecule has 1 unspecified atom stereocenters. The molecule has 5 nitrogen and oxygen atoms in total. The zero-order valence-electron chi connectivity index (χ0n) is 17.5. The van der Waals surface area contributed by atoms with Gasteiger partial charge in [-0.15, -0.1) is 0 Å². The second-order valence-corrected chi connectivity index (χ2v) is 6.57. The number of hydrogen-bond acceptors (Lipinski definition) is 4. The molecule has 0 heterocycles. The quantitative estimate of drug-likeness (QED) is 0.677. The molecule has 0 fully saturated rings. The topological polar surface area (TPSA) is 56.8 Å². The lowest BCUT2D eigenvalue weighted by Gasteiger charge is -2.18. The minimum Gasteiger partial charge on any atom is -0.493 e. The van der Waals surface area contributed by atoms with Gasteiger partial charge in [0.2, 0.25) is 11.7 Å². The molecular weight excluding hydrogens is 354 g/mol. The second kappa shape index (κ2) is 9.83. The van der Waals surface area contributed by atoms with Gasteiger partial charge in [-0.3, -0.25) is 4.79 Å². The number of carbonyl (C=O) groups is 1. The van der Waals surface area contributed by atoms with Gasteiger partial charge in [-0.1, -0.05) is 25.1 Å². The lowest BCUT2D eigenvalue weighted by Crippen LogP contribution is -2.26. The van der Waals surface area contributed by atoms with E-state index in [9.17, 15) is 4.79 Å². The Bertz CT molecular complexity index is 858. The molecule has 1 atom stereocenters. The summed E-state index contributed by atoms with van der Waals surface area (Å²) in [7, 11) is 4.68. The fraction of sp³-hybridized carbons (Fsp3) is 0.348. The normalized spacial score (nSPS) is 11.9. The molecule has 2 aromatic carbocycles. The van der Waals surface area contributed by atoms with Crippen LogP contribution in [0.5, 0.6) is 17.2 Å². The van der Waals surface area contributed by atoms with E-state index < -0.39 is 0 Å². The van der Waals surface area contributed by atoms with Gasteiger partial charge < -0.3 is 19.5 Å². The first kappa shape index (κ1) is 21.4. The van der Waals surface area contributed by atoms with Gasteiger partial charge in [0, 0.05) is 11.6 Å². The van der Waals surface area contributed by atoms with E-state index in [-0.39, 0.29) is 11.9 Å². The molecule has 0 radical (unpaired) electrons. The maximum absolute atomic E-state index is 12.5. The van der Waals surface area contributed by atoms with Crippen molar-refractivity contribution in [1.29, 1.82) is 0 Å². The number of ether oxygens (including phenoxy) is 3. The first-order valence-corrected chi connectivity index (χ1v) is 9.29. The average Bonchev–Trinajstić information content (AvgIpc) is 2.71. The van der Waals surface area contributed by atoms with Crippen molar-refractivity contribution in [3.8, 4) is 17.2 Å². The highest BCUT2D eigenvalue weighted by Gasteiger charge is 2.15. The number of rotatable bonds is 8. The third kappa shape index (κ3) is 4.85. The largest absolute Gasteiger partial charge is 0.493 e. The second-order valence-electron chi connectivity index (χ2n) is 6.57. The van der Waals surface area contributed by atoms with Crippen molar-refractivity contribution < 1.29 is 19.0 Å². The molecular formula is C23H29NO4. The van der Waals surface area contributed by atoms with Crippen molar-refractivity contribution >= 4 is 12.0 Å². The average molecular weight is 383 g/mol. The molecule has 0 aliphatic heterocycles. The Morgan fingerprint density at radius 1 is 1.00 bits per heavy atom. The molecule has 5 heteroatoms. The number of hydrogen-bond donors (Lipinski definition) is 1. The Morgan fingerprint density at radius 3 is 2.29 bits per heavy atom. The number of aryl methyl sites for hydroxylation is 2. The number of benzene rings is 2. The van der Waals surface area contributed by atoms with Gasteiger partial charge in [0.15, 0.2) is 11.5 Å². The summed E-state index contributed by atoms with van der Waals surface area (Å²) < 4.78 is 16.1. The van der Waals surface area contributed by atoms with Crippen molar-refractivity contribution in [3.05, 3.63) is 58.7 Å². The highest BCUT2D eigenvalue weighted by Crippen LogP contribution is 2.40. The van der Waals surface area contributed by atoms with E-state index in [1.54, 1.807) is 33.5 Å². The molecule has 0 saturated heterocycles. The predicted molar refractivity (Wildman–Crippen MR) is 112 cm³/mol. The summed E-state index contributed by atoms with van der Waals surface area (Å²) in [6.45, 7) is 6.22. The Kier molecular flexibility index (Phi) is 7.50. The van der Waals surface area contributed by atoms with E-state index in [4.69, 9.17) is 14.2 Å². The monoisotopic (exact) mass is 383 g/mol. The Hall–Kier alpha value is -2.95. The Balaban J connectivity index is 2.19. The van der Waals surface area contributed by atoms with Crippen LogP contribution in [0.2, 0.25) is 0 Å². The summed E-state index contributed by atoms with van der Waals surface area (Å²) in [4.78, 5) is 12.5. The van der Waals surface area contributed by atoms with Gasteiger partial charge >= 0.3 is 0 Å². The van der Waals surface area contributed by atoms with Gasteiger partial charge in [-0.05, 0) is 55.2 Å². The molecule has 1 amide bonds. The van der Waals surface area contributed by atoms with Crippen LogP contribution in [-0.2, 0) is 4.79 Å². The van der Waals surface area contributed by atoms with Crippen molar-refractivity contribution in [2.24, 2.45) is 0 Å². The molecule has 2 rings (SSSR count). The van der Waals surface area contributed by atoms with Crippen LogP contribution in [0.3, 0.4) is 0 Å². The fourth-order valence-corrected chi connectivity index (χ4v) is 3.04. The molecule has 0 saturated carbocycles. The van der Waals surface area contributed by atoms with Crippen LogP contribution >= 0.6 is 0 Å². The van der Waals surface area contributed by atoms with E-state index in [2.05, 4.69) is 44.3 Å². The van der Waals surface area contributed by atoms with Crippen LogP contribution in [0.25, 0.3) is 6.08 Å². The number of amides is 1. The summed E-state index contributed by atoms with van der Waals surface area (Å²) in [6, 6.07) is 9.85. The zero-order chi connectivity index (χ0) is 20.7. The number of methoxy groups -OCH3 is 3. The summed E-state index contributed by atoms with van der Waals surface area (Å²) in [5, 5.41) is 3.07. The molecule has 28 heavy (non-hydrogen) atoms. The minimum absolute atomic E-state index is 0.0382. The third-order valence-corrected chi connectivity index (χ3v) is 4.81. The first-order valence-electron chi connectivity index (χ1n) is 9.29. The summed E-state index contributed by atoms with van der Waals surface area (Å²) in [6.07, 6.45) is 4.03. The summed E-state index contributed by atoms with van der Waals surface area (Å²) in [5.74, 6) is 1.42. The van der Waals surface area contributed by atoms with Crippen LogP contribution < -0.4 is 19.5 Å². The van der Waals surface area contributed by atoms with Crippen molar-refractivity contribution in [1.82, 2.24) is 5.32 Å². The third-order valence-electron chi connectivity index (χ3n) is 4.81. The molecule has 0 spiro atoms. The lowest BCUT2D eigenvalue weighted by atomic mass is 9.99. The van der Waals surface area contributed by atoms with Crippen LogP contribution in [-0.4, -0.2) is 27.2 Å². The Morgan fingerprint density at radius 2 is 1.71 bits per heavy atom. The van der Waals surface area contributed by atoms with E-state index in [0.717, 1.165) is 17.5 Å². The summed E-state index contributed by atoms with van der Waals surface area (Å²) >= 11 is 0. The van der Waals surface area contributed by atoms with E-state index in [0.29, 0.717) is 17.2 Å². The van der Waals surface area contributed by atoms with E-state index in [1.165, 1.54) is 17.2 Å². The predicted octanol–water partition coefficient (Wildman–Crippen LogP) is 4.61. The lowest BCUT2D eigenvalue weighted by molar-refractivity contribution is -0.117. The van der Waals surface area contributed by atoms with Crippen LogP contribution in [0.1, 0.15) is 41.6 Å². The van der Waals surface area contributed by atoms with Gasteiger partial charge in [0.25, 0.3) is 0 Å². The molecule has 0 bridgehead atoms. The maximum Gasteiger partial charge on any atom is 0.244 e. The van der Waals surface area contributed by atoms with Crippen LogP contribution in [0.15, 0.2) is 36.4 Å². The molecule has 0 aromatic heterocycles. The first-order chi connectivity index (χ1) is 13.4. The smallest absolute Gasteiger partial charge is 0.244 e.